The van der Waals surface area contributed by atoms with Crippen molar-refractivity contribution in [3.63, 3.8) is 0 Å². The Morgan fingerprint density at radius 1 is 1.05 bits per heavy atom. The van der Waals surface area contributed by atoms with E-state index < -0.39 is 0 Å². The van der Waals surface area contributed by atoms with E-state index in [0.717, 1.165) is 22.0 Å². The van der Waals surface area contributed by atoms with E-state index >= 15 is 0 Å². The second-order valence-electron chi connectivity index (χ2n) is 4.45. The van der Waals surface area contributed by atoms with Crippen LogP contribution >= 0.6 is 50.7 Å². The van der Waals surface area contributed by atoms with Gasteiger partial charge in [0.15, 0.2) is 0 Å². The van der Waals surface area contributed by atoms with Gasteiger partial charge in [0.25, 0.3) is 0 Å². The predicted octanol–water partition coefficient (Wildman–Crippen LogP) is 5.91. The van der Waals surface area contributed by atoms with E-state index in [4.69, 9.17) is 34.8 Å². The minimum Gasteiger partial charge on any atom is -0.313 e. The highest BCUT2D eigenvalue weighted by Crippen LogP contribution is 2.29. The van der Waals surface area contributed by atoms with E-state index in [1.165, 1.54) is 0 Å². The SMILES string of the molecule is CNC(Cc1ccc(Cl)cc1Cl)c1ccc(Br)c(Cl)c1. The van der Waals surface area contributed by atoms with Crippen LogP contribution < -0.4 is 5.32 Å². The third-order valence-corrected chi connectivity index (χ3v) is 4.95. The molecule has 0 amide bonds. The largest absolute Gasteiger partial charge is 0.313 e. The van der Waals surface area contributed by atoms with Gasteiger partial charge in [-0.1, -0.05) is 46.9 Å². The molecule has 106 valence electrons. The maximum atomic E-state index is 6.23. The quantitative estimate of drug-likeness (QED) is 0.681. The van der Waals surface area contributed by atoms with Crippen LogP contribution in [-0.4, -0.2) is 7.05 Å². The van der Waals surface area contributed by atoms with Gasteiger partial charge in [-0.15, -0.1) is 0 Å². The van der Waals surface area contributed by atoms with E-state index in [2.05, 4.69) is 21.2 Å². The fourth-order valence-corrected chi connectivity index (χ4v) is 2.94. The van der Waals surface area contributed by atoms with Crippen LogP contribution in [0.2, 0.25) is 15.1 Å². The van der Waals surface area contributed by atoms with E-state index in [9.17, 15) is 0 Å². The monoisotopic (exact) mass is 391 g/mol. The Kier molecular flexibility index (Phi) is 5.76. The van der Waals surface area contributed by atoms with Gasteiger partial charge in [-0.25, -0.2) is 0 Å². The molecule has 2 aromatic carbocycles. The van der Waals surface area contributed by atoms with Crippen molar-refractivity contribution in [2.45, 2.75) is 12.5 Å². The lowest BCUT2D eigenvalue weighted by atomic mass is 9.99. The van der Waals surface area contributed by atoms with Crippen molar-refractivity contribution in [2.75, 3.05) is 7.05 Å². The molecule has 1 nitrogen and oxygen atoms in total. The molecule has 0 bridgehead atoms. The molecular formula is C15H13BrCl3N. The average Bonchev–Trinajstić information content (AvgIpc) is 2.41. The molecule has 2 aromatic rings. The van der Waals surface area contributed by atoms with Crippen molar-refractivity contribution >= 4 is 50.7 Å². The lowest BCUT2D eigenvalue weighted by molar-refractivity contribution is 0.592. The first-order chi connectivity index (χ1) is 9.51. The molecule has 0 spiro atoms. The number of hydrogen-bond donors (Lipinski definition) is 1. The van der Waals surface area contributed by atoms with Crippen molar-refractivity contribution in [1.29, 1.82) is 0 Å². The van der Waals surface area contributed by atoms with Gasteiger partial charge in [-0.3, -0.25) is 0 Å². The van der Waals surface area contributed by atoms with Gasteiger partial charge in [0.05, 0.1) is 5.02 Å². The molecule has 1 unspecified atom stereocenters. The molecule has 5 heteroatoms. The van der Waals surface area contributed by atoms with E-state index in [-0.39, 0.29) is 6.04 Å². The first-order valence-electron chi connectivity index (χ1n) is 6.07. The summed E-state index contributed by atoms with van der Waals surface area (Å²) in [7, 11) is 1.92. The molecule has 0 aliphatic heterocycles. The molecule has 1 atom stereocenters. The molecule has 0 saturated heterocycles. The Balaban J connectivity index is 2.26. The first kappa shape index (κ1) is 16.1. The topological polar surface area (TPSA) is 12.0 Å². The molecular weight excluding hydrogens is 380 g/mol. The summed E-state index contributed by atoms with van der Waals surface area (Å²) in [6.45, 7) is 0. The Labute approximate surface area is 142 Å². The Hall–Kier alpha value is -0.250. The second kappa shape index (κ2) is 7.15. The molecule has 0 aromatic heterocycles. The van der Waals surface area contributed by atoms with Crippen molar-refractivity contribution in [1.82, 2.24) is 5.32 Å². The van der Waals surface area contributed by atoms with Crippen LogP contribution in [0.25, 0.3) is 0 Å². The summed E-state index contributed by atoms with van der Waals surface area (Å²) in [5.41, 5.74) is 2.17. The number of benzene rings is 2. The van der Waals surface area contributed by atoms with Gasteiger partial charge < -0.3 is 5.32 Å². The van der Waals surface area contributed by atoms with Gasteiger partial charge in [0.1, 0.15) is 0 Å². The van der Waals surface area contributed by atoms with Crippen molar-refractivity contribution < 1.29 is 0 Å². The van der Waals surface area contributed by atoms with E-state index in [1.807, 2.05) is 37.4 Å². The third kappa shape index (κ3) is 3.90. The minimum atomic E-state index is 0.138. The smallest absolute Gasteiger partial charge is 0.0551 e. The zero-order valence-corrected chi connectivity index (χ0v) is 14.6. The summed E-state index contributed by atoms with van der Waals surface area (Å²) in [5.74, 6) is 0. The summed E-state index contributed by atoms with van der Waals surface area (Å²) in [5, 5.41) is 5.32. The van der Waals surface area contributed by atoms with Crippen molar-refractivity contribution in [3.8, 4) is 0 Å². The molecule has 0 saturated carbocycles. The number of hydrogen-bond acceptors (Lipinski definition) is 1. The van der Waals surface area contributed by atoms with Gasteiger partial charge >= 0.3 is 0 Å². The Morgan fingerprint density at radius 3 is 2.40 bits per heavy atom. The minimum absolute atomic E-state index is 0.138. The lowest BCUT2D eigenvalue weighted by Gasteiger charge is -2.18. The molecule has 20 heavy (non-hydrogen) atoms. The van der Waals surface area contributed by atoms with Gasteiger partial charge in [-0.05, 0) is 64.8 Å². The van der Waals surface area contributed by atoms with Gasteiger partial charge in [0.2, 0.25) is 0 Å². The van der Waals surface area contributed by atoms with Crippen molar-refractivity contribution in [3.05, 3.63) is 67.1 Å². The number of likely N-dealkylation sites (N-methyl/N-ethyl adjacent to an activating group) is 1. The highest BCUT2D eigenvalue weighted by Gasteiger charge is 2.13. The maximum absolute atomic E-state index is 6.23. The molecule has 0 radical (unpaired) electrons. The predicted molar refractivity (Wildman–Crippen MR) is 91.1 cm³/mol. The molecule has 0 fully saturated rings. The van der Waals surface area contributed by atoms with Crippen LogP contribution in [0.4, 0.5) is 0 Å². The summed E-state index contributed by atoms with van der Waals surface area (Å²) in [6, 6.07) is 11.7. The Morgan fingerprint density at radius 2 is 1.80 bits per heavy atom. The molecule has 1 N–H and O–H groups in total. The fraction of sp³-hybridized carbons (Fsp3) is 0.200. The van der Waals surface area contributed by atoms with E-state index in [0.29, 0.717) is 15.1 Å². The maximum Gasteiger partial charge on any atom is 0.0551 e. The average molecular weight is 394 g/mol. The number of halogens is 4. The summed E-state index contributed by atoms with van der Waals surface area (Å²) >= 11 is 21.7. The van der Waals surface area contributed by atoms with Gasteiger partial charge in [0, 0.05) is 20.6 Å². The third-order valence-electron chi connectivity index (χ3n) is 3.13. The molecule has 2 rings (SSSR count). The standard InChI is InChI=1S/C15H13BrCl3N/c1-20-15(10-3-5-12(16)14(19)6-10)7-9-2-4-11(17)8-13(9)18/h2-6,8,15,20H,7H2,1H3. The highest BCUT2D eigenvalue weighted by atomic mass is 79.9. The number of nitrogens with one attached hydrogen (secondary N) is 1. The molecule has 0 aliphatic rings. The molecule has 0 aliphatic carbocycles. The highest BCUT2D eigenvalue weighted by molar-refractivity contribution is 9.10. The zero-order chi connectivity index (χ0) is 14.7. The Bertz CT molecular complexity index is 616. The van der Waals surface area contributed by atoms with Crippen LogP contribution in [0.15, 0.2) is 40.9 Å². The van der Waals surface area contributed by atoms with Crippen LogP contribution in [0.3, 0.4) is 0 Å². The summed E-state index contributed by atoms with van der Waals surface area (Å²) in [6.07, 6.45) is 0.768. The van der Waals surface area contributed by atoms with Crippen LogP contribution in [0.1, 0.15) is 17.2 Å². The second-order valence-corrected chi connectivity index (χ2v) is 6.56. The summed E-state index contributed by atoms with van der Waals surface area (Å²) < 4.78 is 0.891. The van der Waals surface area contributed by atoms with E-state index in [1.54, 1.807) is 6.07 Å². The lowest BCUT2D eigenvalue weighted by Crippen LogP contribution is -2.19. The summed E-state index contributed by atoms with van der Waals surface area (Å²) in [4.78, 5) is 0. The normalized spacial score (nSPS) is 12.4. The van der Waals surface area contributed by atoms with Crippen molar-refractivity contribution in [2.24, 2.45) is 0 Å². The van der Waals surface area contributed by atoms with Crippen LogP contribution in [-0.2, 0) is 6.42 Å². The van der Waals surface area contributed by atoms with Crippen LogP contribution in [0, 0.1) is 0 Å². The van der Waals surface area contributed by atoms with Crippen LogP contribution in [0.5, 0.6) is 0 Å². The molecule has 0 heterocycles. The fourth-order valence-electron chi connectivity index (χ4n) is 2.02. The van der Waals surface area contributed by atoms with Gasteiger partial charge in [-0.2, -0.15) is 0 Å². The first-order valence-corrected chi connectivity index (χ1v) is 8.00. The number of rotatable bonds is 4. The zero-order valence-electron chi connectivity index (χ0n) is 10.8.